The van der Waals surface area contributed by atoms with Crippen molar-refractivity contribution >= 4 is 11.0 Å². The molecule has 0 radical (unpaired) electrons. The van der Waals surface area contributed by atoms with Gasteiger partial charge in [-0.2, -0.15) is 0 Å². The minimum Gasteiger partial charge on any atom is -0.335 e. The van der Waals surface area contributed by atoms with Crippen LogP contribution in [0.5, 0.6) is 0 Å². The van der Waals surface area contributed by atoms with E-state index < -0.39 is 0 Å². The van der Waals surface area contributed by atoms with Crippen molar-refractivity contribution in [3.05, 3.63) is 29.6 Å². The zero-order valence-electron chi connectivity index (χ0n) is 7.63. The van der Waals surface area contributed by atoms with Gasteiger partial charge in [0.25, 0.3) is 0 Å². The van der Waals surface area contributed by atoms with Crippen molar-refractivity contribution in [1.29, 1.82) is 0 Å². The molecule has 0 atom stereocenters. The summed E-state index contributed by atoms with van der Waals surface area (Å²) in [6, 6.07) is 4.18. The third-order valence-electron chi connectivity index (χ3n) is 2.16. The third kappa shape index (κ3) is 0.916. The second-order valence-electron chi connectivity index (χ2n) is 3.25. The van der Waals surface area contributed by atoms with Crippen molar-refractivity contribution in [3.63, 3.8) is 0 Å². The number of pyridine rings is 1. The molecule has 2 aromatic heterocycles. The fourth-order valence-electron chi connectivity index (χ4n) is 1.54. The summed E-state index contributed by atoms with van der Waals surface area (Å²) in [6.07, 6.45) is 2.11. The van der Waals surface area contributed by atoms with Crippen molar-refractivity contribution in [2.24, 2.45) is 7.05 Å². The van der Waals surface area contributed by atoms with Gasteiger partial charge in [0.1, 0.15) is 5.65 Å². The van der Waals surface area contributed by atoms with Crippen LogP contribution >= 0.6 is 0 Å². The van der Waals surface area contributed by atoms with Crippen LogP contribution in [0.25, 0.3) is 11.0 Å². The molecule has 0 aromatic carbocycles. The summed E-state index contributed by atoms with van der Waals surface area (Å²) in [4.78, 5) is 4.46. The SMILES string of the molecule is Cc1ccc2c(C)cn(C)c2n1. The van der Waals surface area contributed by atoms with Gasteiger partial charge in [0.2, 0.25) is 0 Å². The van der Waals surface area contributed by atoms with Crippen molar-refractivity contribution in [2.75, 3.05) is 0 Å². The maximum absolute atomic E-state index is 4.46. The monoisotopic (exact) mass is 160 g/mol. The molecule has 0 fully saturated rings. The average molecular weight is 160 g/mol. The van der Waals surface area contributed by atoms with E-state index in [0.717, 1.165) is 11.3 Å². The highest BCUT2D eigenvalue weighted by Gasteiger charge is 2.02. The minimum absolute atomic E-state index is 1.07. The topological polar surface area (TPSA) is 17.8 Å². The van der Waals surface area contributed by atoms with E-state index in [4.69, 9.17) is 0 Å². The van der Waals surface area contributed by atoms with Gasteiger partial charge in [-0.3, -0.25) is 0 Å². The molecule has 12 heavy (non-hydrogen) atoms. The Bertz CT molecular complexity index is 427. The van der Waals surface area contributed by atoms with Gasteiger partial charge in [0.15, 0.2) is 0 Å². The normalized spacial score (nSPS) is 10.9. The van der Waals surface area contributed by atoms with Crippen LogP contribution < -0.4 is 0 Å². The summed E-state index contributed by atoms with van der Waals surface area (Å²) >= 11 is 0. The number of hydrogen-bond donors (Lipinski definition) is 0. The van der Waals surface area contributed by atoms with Gasteiger partial charge in [-0.1, -0.05) is 0 Å². The lowest BCUT2D eigenvalue weighted by Crippen LogP contribution is -1.88. The van der Waals surface area contributed by atoms with Crippen LogP contribution in [-0.2, 0) is 7.05 Å². The summed E-state index contributed by atoms with van der Waals surface area (Å²) in [5.41, 5.74) is 3.44. The van der Waals surface area contributed by atoms with Crippen LogP contribution in [0, 0.1) is 13.8 Å². The lowest BCUT2D eigenvalue weighted by atomic mass is 10.2. The first-order chi connectivity index (χ1) is 5.68. The van der Waals surface area contributed by atoms with E-state index in [2.05, 4.69) is 34.8 Å². The molecule has 0 aliphatic rings. The van der Waals surface area contributed by atoms with Gasteiger partial charge >= 0.3 is 0 Å². The van der Waals surface area contributed by atoms with Crippen molar-refractivity contribution in [2.45, 2.75) is 13.8 Å². The highest BCUT2D eigenvalue weighted by molar-refractivity contribution is 5.80. The Balaban J connectivity index is 2.90. The van der Waals surface area contributed by atoms with Crippen LogP contribution in [0.15, 0.2) is 18.3 Å². The predicted octanol–water partition coefficient (Wildman–Crippen LogP) is 2.19. The Morgan fingerprint density at radius 2 is 2.00 bits per heavy atom. The summed E-state index contributed by atoms with van der Waals surface area (Å²) < 4.78 is 2.07. The van der Waals surface area contributed by atoms with E-state index in [0.29, 0.717) is 0 Å². The first-order valence-electron chi connectivity index (χ1n) is 4.08. The van der Waals surface area contributed by atoms with Gasteiger partial charge in [-0.25, -0.2) is 4.98 Å². The number of rotatable bonds is 0. The van der Waals surface area contributed by atoms with E-state index in [9.17, 15) is 0 Å². The molecule has 0 bridgehead atoms. The van der Waals surface area contributed by atoms with Crippen LogP contribution in [0.3, 0.4) is 0 Å². The summed E-state index contributed by atoms with van der Waals surface area (Å²) in [7, 11) is 2.03. The second kappa shape index (κ2) is 2.34. The van der Waals surface area contributed by atoms with E-state index in [1.165, 1.54) is 10.9 Å². The fourth-order valence-corrected chi connectivity index (χ4v) is 1.54. The van der Waals surface area contributed by atoms with Crippen molar-refractivity contribution in [3.8, 4) is 0 Å². The smallest absolute Gasteiger partial charge is 0.140 e. The third-order valence-corrected chi connectivity index (χ3v) is 2.16. The van der Waals surface area contributed by atoms with Gasteiger partial charge in [0, 0.05) is 24.3 Å². The summed E-state index contributed by atoms with van der Waals surface area (Å²) in [5, 5.41) is 1.25. The van der Waals surface area contributed by atoms with E-state index in [1.54, 1.807) is 0 Å². The Labute approximate surface area is 71.8 Å². The Morgan fingerprint density at radius 3 is 2.75 bits per heavy atom. The Hall–Kier alpha value is -1.31. The molecular weight excluding hydrogens is 148 g/mol. The molecule has 62 valence electrons. The molecule has 0 unspecified atom stereocenters. The maximum atomic E-state index is 4.46. The standard InChI is InChI=1S/C10H12N2/c1-7-6-12(3)10-9(7)5-4-8(2)11-10/h4-6H,1-3H3. The zero-order valence-corrected chi connectivity index (χ0v) is 7.63. The summed E-state index contributed by atoms with van der Waals surface area (Å²) in [6.45, 7) is 4.13. The molecule has 0 spiro atoms. The minimum atomic E-state index is 1.07. The molecule has 0 N–H and O–H groups in total. The number of nitrogens with zero attached hydrogens (tertiary/aromatic N) is 2. The van der Waals surface area contributed by atoms with Gasteiger partial charge in [-0.05, 0) is 31.5 Å². The molecule has 2 nitrogen and oxygen atoms in total. The predicted molar refractivity (Wildman–Crippen MR) is 50.2 cm³/mol. The van der Waals surface area contributed by atoms with Crippen LogP contribution in [-0.4, -0.2) is 9.55 Å². The lowest BCUT2D eigenvalue weighted by molar-refractivity contribution is 0.939. The number of aryl methyl sites for hydroxylation is 3. The number of aromatic nitrogens is 2. The van der Waals surface area contributed by atoms with Crippen molar-refractivity contribution in [1.82, 2.24) is 9.55 Å². The Morgan fingerprint density at radius 1 is 1.25 bits per heavy atom. The Kier molecular flexibility index (Phi) is 1.43. The summed E-state index contributed by atoms with van der Waals surface area (Å²) in [5.74, 6) is 0. The van der Waals surface area contributed by atoms with Crippen molar-refractivity contribution < 1.29 is 0 Å². The maximum Gasteiger partial charge on any atom is 0.140 e. The van der Waals surface area contributed by atoms with Crippen LogP contribution in [0.2, 0.25) is 0 Å². The average Bonchev–Trinajstić information content (AvgIpc) is 2.28. The molecule has 0 aliphatic heterocycles. The molecular formula is C10H12N2. The fraction of sp³-hybridized carbons (Fsp3) is 0.300. The highest BCUT2D eigenvalue weighted by atomic mass is 15.0. The second-order valence-corrected chi connectivity index (χ2v) is 3.25. The first kappa shape index (κ1) is 7.35. The molecule has 0 saturated carbocycles. The molecule has 0 saturated heterocycles. The molecule has 2 aromatic rings. The van der Waals surface area contributed by atoms with E-state index in [-0.39, 0.29) is 0 Å². The van der Waals surface area contributed by atoms with E-state index in [1.807, 2.05) is 14.0 Å². The quantitative estimate of drug-likeness (QED) is 0.577. The van der Waals surface area contributed by atoms with Gasteiger partial charge in [0.05, 0.1) is 0 Å². The highest BCUT2D eigenvalue weighted by Crippen LogP contribution is 2.17. The number of hydrogen-bond acceptors (Lipinski definition) is 1. The molecule has 2 heteroatoms. The molecule has 0 amide bonds. The molecule has 2 heterocycles. The number of fused-ring (bicyclic) bond motifs is 1. The van der Waals surface area contributed by atoms with Gasteiger partial charge in [-0.15, -0.1) is 0 Å². The van der Waals surface area contributed by atoms with Crippen LogP contribution in [0.4, 0.5) is 0 Å². The van der Waals surface area contributed by atoms with Crippen LogP contribution in [0.1, 0.15) is 11.3 Å². The lowest BCUT2D eigenvalue weighted by Gasteiger charge is -1.95. The molecule has 2 rings (SSSR count). The largest absolute Gasteiger partial charge is 0.335 e. The molecule has 0 aliphatic carbocycles. The van der Waals surface area contributed by atoms with Gasteiger partial charge < -0.3 is 4.57 Å². The first-order valence-corrected chi connectivity index (χ1v) is 4.08. The zero-order chi connectivity index (χ0) is 8.72. The van der Waals surface area contributed by atoms with E-state index >= 15 is 0 Å².